The van der Waals surface area contributed by atoms with E-state index in [2.05, 4.69) is 19.2 Å². The smallest absolute Gasteiger partial charge is 0.344 e. The van der Waals surface area contributed by atoms with E-state index in [4.69, 9.17) is 9.47 Å². The van der Waals surface area contributed by atoms with Crippen LogP contribution in [0.3, 0.4) is 0 Å². The molecule has 0 saturated heterocycles. The fourth-order valence-electron chi connectivity index (χ4n) is 1.74. The maximum atomic E-state index is 11.4. The minimum absolute atomic E-state index is 0.0583. The Balaban J connectivity index is 2.55. The van der Waals surface area contributed by atoms with E-state index in [1.807, 2.05) is 38.1 Å². The van der Waals surface area contributed by atoms with Gasteiger partial charge in [0.2, 0.25) is 0 Å². The second-order valence-electron chi connectivity index (χ2n) is 4.68. The molecule has 19 heavy (non-hydrogen) atoms. The van der Waals surface area contributed by atoms with Gasteiger partial charge in [-0.3, -0.25) is 0 Å². The van der Waals surface area contributed by atoms with Gasteiger partial charge in [-0.05, 0) is 45.0 Å². The molecule has 1 unspecified atom stereocenters. The van der Waals surface area contributed by atoms with Crippen molar-refractivity contribution in [3.63, 3.8) is 0 Å². The van der Waals surface area contributed by atoms with Gasteiger partial charge in [0, 0.05) is 6.04 Å². The van der Waals surface area contributed by atoms with Crippen molar-refractivity contribution in [2.75, 3.05) is 13.2 Å². The summed E-state index contributed by atoms with van der Waals surface area (Å²) in [6.45, 7) is 8.64. The molecule has 1 atom stereocenters. The van der Waals surface area contributed by atoms with Crippen LogP contribution in [0.4, 0.5) is 0 Å². The molecule has 106 valence electrons. The molecule has 0 saturated carbocycles. The number of rotatable bonds is 7. The zero-order chi connectivity index (χ0) is 14.3. The quantitative estimate of drug-likeness (QED) is 0.770. The van der Waals surface area contributed by atoms with Gasteiger partial charge in [0.05, 0.1) is 6.10 Å². The van der Waals surface area contributed by atoms with Crippen LogP contribution < -0.4 is 10.1 Å². The van der Waals surface area contributed by atoms with Crippen molar-refractivity contribution in [2.45, 2.75) is 39.8 Å². The Morgan fingerprint density at radius 2 is 2.05 bits per heavy atom. The highest BCUT2D eigenvalue weighted by Crippen LogP contribution is 2.19. The Morgan fingerprint density at radius 1 is 1.32 bits per heavy atom. The summed E-state index contributed by atoms with van der Waals surface area (Å²) in [6, 6.07) is 8.00. The topological polar surface area (TPSA) is 47.6 Å². The Hall–Kier alpha value is -1.55. The normalized spacial score (nSPS) is 12.3. The highest BCUT2D eigenvalue weighted by atomic mass is 16.6. The van der Waals surface area contributed by atoms with Crippen molar-refractivity contribution in [1.82, 2.24) is 5.32 Å². The first-order valence-corrected chi connectivity index (χ1v) is 6.68. The molecule has 0 amide bonds. The van der Waals surface area contributed by atoms with Crippen molar-refractivity contribution < 1.29 is 14.3 Å². The molecule has 0 fully saturated rings. The van der Waals surface area contributed by atoms with Crippen LogP contribution in [0.5, 0.6) is 5.75 Å². The molecule has 1 aromatic carbocycles. The van der Waals surface area contributed by atoms with Crippen LogP contribution in [0.1, 0.15) is 39.3 Å². The molecule has 1 rings (SSSR count). The molecule has 0 heterocycles. The molecule has 4 heteroatoms. The Labute approximate surface area is 115 Å². The molecule has 0 aliphatic rings. The van der Waals surface area contributed by atoms with E-state index in [-0.39, 0.29) is 24.7 Å². The second-order valence-corrected chi connectivity index (χ2v) is 4.68. The third-order valence-electron chi connectivity index (χ3n) is 2.59. The van der Waals surface area contributed by atoms with Gasteiger partial charge in [0.1, 0.15) is 5.75 Å². The van der Waals surface area contributed by atoms with Gasteiger partial charge in [0.15, 0.2) is 6.61 Å². The van der Waals surface area contributed by atoms with Gasteiger partial charge in [-0.15, -0.1) is 0 Å². The Bertz CT molecular complexity index is 404. The van der Waals surface area contributed by atoms with E-state index in [9.17, 15) is 4.79 Å². The molecular formula is C15H23NO3. The molecule has 4 nitrogen and oxygen atoms in total. The lowest BCUT2D eigenvalue weighted by atomic mass is 10.1. The van der Waals surface area contributed by atoms with Crippen LogP contribution in [0.25, 0.3) is 0 Å². The second kappa shape index (κ2) is 7.79. The number of hydrogen-bond acceptors (Lipinski definition) is 4. The molecule has 1 N–H and O–H groups in total. The van der Waals surface area contributed by atoms with E-state index >= 15 is 0 Å². The summed E-state index contributed by atoms with van der Waals surface area (Å²) in [4.78, 5) is 11.4. The first kappa shape index (κ1) is 15.5. The molecule has 0 radical (unpaired) electrons. The summed E-state index contributed by atoms with van der Waals surface area (Å²) in [5, 5.41) is 3.33. The van der Waals surface area contributed by atoms with Crippen LogP contribution in [0.15, 0.2) is 24.3 Å². The van der Waals surface area contributed by atoms with Gasteiger partial charge < -0.3 is 14.8 Å². The molecule has 0 spiro atoms. The average Bonchev–Trinajstić information content (AvgIpc) is 2.36. The maximum Gasteiger partial charge on any atom is 0.344 e. The number of esters is 1. The van der Waals surface area contributed by atoms with Gasteiger partial charge in [-0.1, -0.05) is 19.1 Å². The largest absolute Gasteiger partial charge is 0.482 e. The molecule has 0 aliphatic carbocycles. The molecule has 0 bridgehead atoms. The van der Waals surface area contributed by atoms with Gasteiger partial charge in [-0.25, -0.2) is 4.79 Å². The summed E-state index contributed by atoms with van der Waals surface area (Å²) in [5.41, 5.74) is 1.14. The first-order valence-electron chi connectivity index (χ1n) is 6.68. The van der Waals surface area contributed by atoms with Gasteiger partial charge in [-0.2, -0.15) is 0 Å². The predicted molar refractivity (Wildman–Crippen MR) is 75.3 cm³/mol. The summed E-state index contributed by atoms with van der Waals surface area (Å²) >= 11 is 0. The Kier molecular flexibility index (Phi) is 6.36. The van der Waals surface area contributed by atoms with Crippen LogP contribution in [0.2, 0.25) is 0 Å². The average molecular weight is 265 g/mol. The number of carbonyl (C=O) groups excluding carboxylic acids is 1. The minimum atomic E-state index is -0.347. The Morgan fingerprint density at radius 3 is 2.68 bits per heavy atom. The number of benzene rings is 1. The van der Waals surface area contributed by atoms with E-state index in [1.165, 1.54) is 0 Å². The minimum Gasteiger partial charge on any atom is -0.482 e. The van der Waals surface area contributed by atoms with Crippen LogP contribution >= 0.6 is 0 Å². The van der Waals surface area contributed by atoms with Crippen LogP contribution in [-0.2, 0) is 9.53 Å². The lowest BCUT2D eigenvalue weighted by molar-refractivity contribution is -0.149. The third-order valence-corrected chi connectivity index (χ3v) is 2.59. The lowest BCUT2D eigenvalue weighted by Gasteiger charge is -2.14. The molecule has 0 aliphatic heterocycles. The fourth-order valence-corrected chi connectivity index (χ4v) is 1.74. The fraction of sp³-hybridized carbons (Fsp3) is 0.533. The lowest BCUT2D eigenvalue weighted by Crippen LogP contribution is -2.19. The maximum absolute atomic E-state index is 11.4. The van der Waals surface area contributed by atoms with E-state index in [0.29, 0.717) is 5.75 Å². The van der Waals surface area contributed by atoms with E-state index in [1.54, 1.807) is 0 Å². The molecular weight excluding hydrogens is 242 g/mol. The van der Waals surface area contributed by atoms with Crippen molar-refractivity contribution in [1.29, 1.82) is 0 Å². The SMILES string of the molecule is CCNC(C)c1cccc(OCC(=O)OC(C)C)c1. The number of hydrogen-bond donors (Lipinski definition) is 1. The van der Waals surface area contributed by atoms with Crippen molar-refractivity contribution in [3.05, 3.63) is 29.8 Å². The highest BCUT2D eigenvalue weighted by molar-refractivity contribution is 5.71. The van der Waals surface area contributed by atoms with Gasteiger partial charge in [0.25, 0.3) is 0 Å². The van der Waals surface area contributed by atoms with Gasteiger partial charge >= 0.3 is 5.97 Å². The molecule has 0 aromatic heterocycles. The molecule has 1 aromatic rings. The monoisotopic (exact) mass is 265 g/mol. The summed E-state index contributed by atoms with van der Waals surface area (Å²) in [7, 11) is 0. The summed E-state index contributed by atoms with van der Waals surface area (Å²) in [5.74, 6) is 0.336. The van der Waals surface area contributed by atoms with Crippen LogP contribution in [0, 0.1) is 0 Å². The first-order chi connectivity index (χ1) is 9.02. The van der Waals surface area contributed by atoms with Crippen molar-refractivity contribution >= 4 is 5.97 Å². The highest BCUT2D eigenvalue weighted by Gasteiger charge is 2.08. The van der Waals surface area contributed by atoms with E-state index in [0.717, 1.165) is 12.1 Å². The summed E-state index contributed by atoms with van der Waals surface area (Å²) < 4.78 is 10.4. The number of nitrogens with one attached hydrogen (secondary N) is 1. The summed E-state index contributed by atoms with van der Waals surface area (Å²) in [6.07, 6.45) is -0.115. The van der Waals surface area contributed by atoms with E-state index < -0.39 is 0 Å². The third kappa shape index (κ3) is 5.75. The predicted octanol–water partition coefficient (Wildman–Crippen LogP) is 2.69. The number of carbonyl (C=O) groups is 1. The van der Waals surface area contributed by atoms with Crippen molar-refractivity contribution in [3.8, 4) is 5.75 Å². The standard InChI is InChI=1S/C15H23NO3/c1-5-16-12(4)13-7-6-8-14(9-13)18-10-15(17)19-11(2)3/h6-9,11-12,16H,5,10H2,1-4H3. The number of ether oxygens (including phenoxy) is 2. The zero-order valence-electron chi connectivity index (χ0n) is 12.1. The van der Waals surface area contributed by atoms with Crippen LogP contribution in [-0.4, -0.2) is 25.2 Å². The zero-order valence-corrected chi connectivity index (χ0v) is 12.1. The van der Waals surface area contributed by atoms with Crippen molar-refractivity contribution in [2.24, 2.45) is 0 Å².